The van der Waals surface area contributed by atoms with Crippen LogP contribution in [0.2, 0.25) is 0 Å². The fourth-order valence-electron chi connectivity index (χ4n) is 2.22. The standard InChI is InChI=1S/C12H18N2O2/c1-16-11-3-2-6-13-12(11)14-7-4-10(9-14)5-8-15/h2-3,6,10,15H,4-5,7-9H2,1H3. The Bertz CT molecular complexity index is 344. The lowest BCUT2D eigenvalue weighted by Gasteiger charge is -2.19. The van der Waals surface area contributed by atoms with Crippen LogP contribution < -0.4 is 9.64 Å². The Balaban J connectivity index is 2.08. The third-order valence-corrected chi connectivity index (χ3v) is 3.09. The van der Waals surface area contributed by atoms with Crippen molar-refractivity contribution in [3.63, 3.8) is 0 Å². The van der Waals surface area contributed by atoms with Gasteiger partial charge in [-0.3, -0.25) is 0 Å². The Morgan fingerprint density at radius 2 is 2.50 bits per heavy atom. The molecule has 0 radical (unpaired) electrons. The van der Waals surface area contributed by atoms with Crippen LogP contribution in [-0.2, 0) is 0 Å². The minimum absolute atomic E-state index is 0.276. The second-order valence-electron chi connectivity index (χ2n) is 4.14. The predicted molar refractivity (Wildman–Crippen MR) is 62.8 cm³/mol. The first-order valence-electron chi connectivity index (χ1n) is 5.70. The molecule has 1 aliphatic rings. The monoisotopic (exact) mass is 222 g/mol. The van der Waals surface area contributed by atoms with E-state index >= 15 is 0 Å². The number of aliphatic hydroxyl groups is 1. The average Bonchev–Trinajstić information content (AvgIpc) is 2.78. The van der Waals surface area contributed by atoms with Gasteiger partial charge in [0.1, 0.15) is 0 Å². The molecule has 4 nitrogen and oxygen atoms in total. The lowest BCUT2D eigenvalue weighted by molar-refractivity contribution is 0.263. The Hall–Kier alpha value is -1.29. The lowest BCUT2D eigenvalue weighted by atomic mass is 10.1. The van der Waals surface area contributed by atoms with E-state index in [9.17, 15) is 0 Å². The molecular formula is C12H18N2O2. The van der Waals surface area contributed by atoms with Gasteiger partial charge in [-0.05, 0) is 30.9 Å². The molecule has 0 bridgehead atoms. The highest BCUT2D eigenvalue weighted by molar-refractivity contribution is 5.52. The van der Waals surface area contributed by atoms with Crippen LogP contribution in [0.1, 0.15) is 12.8 Å². The summed E-state index contributed by atoms with van der Waals surface area (Å²) in [5.41, 5.74) is 0. The molecular weight excluding hydrogens is 204 g/mol. The fourth-order valence-corrected chi connectivity index (χ4v) is 2.22. The molecule has 1 aromatic rings. The van der Waals surface area contributed by atoms with Crippen molar-refractivity contribution in [2.45, 2.75) is 12.8 Å². The summed E-state index contributed by atoms with van der Waals surface area (Å²) in [6, 6.07) is 3.81. The maximum atomic E-state index is 8.93. The molecule has 1 N–H and O–H groups in total. The van der Waals surface area contributed by atoms with Crippen LogP contribution in [0.25, 0.3) is 0 Å². The highest BCUT2D eigenvalue weighted by atomic mass is 16.5. The number of pyridine rings is 1. The maximum Gasteiger partial charge on any atom is 0.171 e. The molecule has 0 saturated carbocycles. The minimum atomic E-state index is 0.276. The van der Waals surface area contributed by atoms with Gasteiger partial charge in [-0.1, -0.05) is 0 Å². The van der Waals surface area contributed by atoms with Gasteiger partial charge in [-0.15, -0.1) is 0 Å². The highest BCUT2D eigenvalue weighted by Gasteiger charge is 2.24. The molecule has 1 atom stereocenters. The van der Waals surface area contributed by atoms with E-state index in [1.54, 1.807) is 13.3 Å². The molecule has 1 unspecified atom stereocenters. The van der Waals surface area contributed by atoms with Crippen molar-refractivity contribution in [2.24, 2.45) is 5.92 Å². The van der Waals surface area contributed by atoms with E-state index in [0.717, 1.165) is 37.5 Å². The Morgan fingerprint density at radius 1 is 1.62 bits per heavy atom. The maximum absolute atomic E-state index is 8.93. The van der Waals surface area contributed by atoms with Crippen molar-refractivity contribution in [3.8, 4) is 5.75 Å². The number of anilines is 1. The summed E-state index contributed by atoms with van der Waals surface area (Å²) in [5.74, 6) is 2.33. The quantitative estimate of drug-likeness (QED) is 0.834. The van der Waals surface area contributed by atoms with Crippen LogP contribution in [0.5, 0.6) is 5.75 Å². The molecule has 0 aliphatic carbocycles. The molecule has 1 fully saturated rings. The summed E-state index contributed by atoms with van der Waals surface area (Å²) in [6.07, 6.45) is 3.79. The first kappa shape index (κ1) is 11.2. The van der Waals surface area contributed by atoms with E-state index in [-0.39, 0.29) is 6.61 Å². The van der Waals surface area contributed by atoms with E-state index in [1.165, 1.54) is 0 Å². The molecule has 0 amide bonds. The SMILES string of the molecule is COc1cccnc1N1CCC(CCO)C1. The number of rotatable bonds is 4. The Kier molecular flexibility index (Phi) is 3.62. The van der Waals surface area contributed by atoms with E-state index in [2.05, 4.69) is 9.88 Å². The zero-order chi connectivity index (χ0) is 11.4. The minimum Gasteiger partial charge on any atom is -0.493 e. The van der Waals surface area contributed by atoms with Gasteiger partial charge in [0.05, 0.1) is 7.11 Å². The van der Waals surface area contributed by atoms with Crippen LogP contribution in [-0.4, -0.2) is 36.9 Å². The highest BCUT2D eigenvalue weighted by Crippen LogP contribution is 2.30. The van der Waals surface area contributed by atoms with Crippen molar-refractivity contribution in [1.29, 1.82) is 0 Å². The normalized spacial score (nSPS) is 20.1. The van der Waals surface area contributed by atoms with Crippen LogP contribution in [0.3, 0.4) is 0 Å². The predicted octanol–water partition coefficient (Wildman–Crippen LogP) is 1.30. The van der Waals surface area contributed by atoms with E-state index in [4.69, 9.17) is 9.84 Å². The number of hydrogen-bond acceptors (Lipinski definition) is 4. The topological polar surface area (TPSA) is 45.6 Å². The van der Waals surface area contributed by atoms with Crippen molar-refractivity contribution in [2.75, 3.05) is 31.7 Å². The van der Waals surface area contributed by atoms with Gasteiger partial charge in [0.15, 0.2) is 11.6 Å². The van der Waals surface area contributed by atoms with Gasteiger partial charge in [0.25, 0.3) is 0 Å². The molecule has 88 valence electrons. The summed E-state index contributed by atoms with van der Waals surface area (Å²) < 4.78 is 5.30. The molecule has 4 heteroatoms. The molecule has 0 aromatic carbocycles. The van der Waals surface area contributed by atoms with Crippen molar-refractivity contribution < 1.29 is 9.84 Å². The second-order valence-corrected chi connectivity index (χ2v) is 4.14. The third kappa shape index (κ3) is 2.27. The smallest absolute Gasteiger partial charge is 0.171 e. The second kappa shape index (κ2) is 5.16. The van der Waals surface area contributed by atoms with Crippen LogP contribution in [0.4, 0.5) is 5.82 Å². The van der Waals surface area contributed by atoms with Crippen molar-refractivity contribution in [3.05, 3.63) is 18.3 Å². The first-order chi connectivity index (χ1) is 7.85. The number of methoxy groups -OCH3 is 1. The molecule has 2 rings (SSSR count). The lowest BCUT2D eigenvalue weighted by Crippen LogP contribution is -2.21. The Morgan fingerprint density at radius 3 is 3.25 bits per heavy atom. The van der Waals surface area contributed by atoms with Gasteiger partial charge in [-0.2, -0.15) is 0 Å². The summed E-state index contributed by atoms with van der Waals surface area (Å²) in [5, 5.41) is 8.93. The molecule has 1 aliphatic heterocycles. The van der Waals surface area contributed by atoms with E-state index < -0.39 is 0 Å². The number of hydrogen-bond donors (Lipinski definition) is 1. The molecule has 1 saturated heterocycles. The summed E-state index contributed by atoms with van der Waals surface area (Å²) in [4.78, 5) is 6.60. The van der Waals surface area contributed by atoms with Crippen LogP contribution in [0.15, 0.2) is 18.3 Å². The van der Waals surface area contributed by atoms with Crippen LogP contribution >= 0.6 is 0 Å². The molecule has 2 heterocycles. The summed E-state index contributed by atoms with van der Waals surface area (Å²) in [6.45, 7) is 2.24. The van der Waals surface area contributed by atoms with Gasteiger partial charge in [-0.25, -0.2) is 4.98 Å². The van der Waals surface area contributed by atoms with Gasteiger partial charge >= 0.3 is 0 Å². The fraction of sp³-hybridized carbons (Fsp3) is 0.583. The molecule has 1 aromatic heterocycles. The van der Waals surface area contributed by atoms with Gasteiger partial charge in [0, 0.05) is 25.9 Å². The van der Waals surface area contributed by atoms with E-state index in [1.807, 2.05) is 12.1 Å². The Labute approximate surface area is 95.9 Å². The number of aromatic nitrogens is 1. The first-order valence-corrected chi connectivity index (χ1v) is 5.70. The van der Waals surface area contributed by atoms with Gasteiger partial charge in [0.2, 0.25) is 0 Å². The largest absolute Gasteiger partial charge is 0.493 e. The van der Waals surface area contributed by atoms with Crippen molar-refractivity contribution >= 4 is 5.82 Å². The number of ether oxygens (including phenoxy) is 1. The summed E-state index contributed by atoms with van der Waals surface area (Å²) >= 11 is 0. The van der Waals surface area contributed by atoms with Crippen molar-refractivity contribution in [1.82, 2.24) is 4.98 Å². The molecule has 0 spiro atoms. The third-order valence-electron chi connectivity index (χ3n) is 3.09. The average molecular weight is 222 g/mol. The van der Waals surface area contributed by atoms with Gasteiger partial charge < -0.3 is 14.7 Å². The zero-order valence-electron chi connectivity index (χ0n) is 9.59. The summed E-state index contributed by atoms with van der Waals surface area (Å²) in [7, 11) is 1.67. The zero-order valence-corrected chi connectivity index (χ0v) is 9.59. The molecule has 16 heavy (non-hydrogen) atoms. The number of nitrogens with zero attached hydrogens (tertiary/aromatic N) is 2. The number of aliphatic hydroxyl groups excluding tert-OH is 1. The van der Waals surface area contributed by atoms with Crippen LogP contribution in [0, 0.1) is 5.92 Å². The van der Waals surface area contributed by atoms with E-state index in [0.29, 0.717) is 5.92 Å².